The number of phenolic OH excluding ortho intramolecular Hbond substituents is 1. The Balaban J connectivity index is 3.38. The Kier molecular flexibility index (Phi) is 3.85. The van der Waals surface area contributed by atoms with Crippen LogP contribution in [-0.4, -0.2) is 33.4 Å². The van der Waals surface area contributed by atoms with Crippen LogP contribution < -0.4 is 9.67 Å². The van der Waals surface area contributed by atoms with Crippen molar-refractivity contribution in [2.75, 3.05) is 5.32 Å². The van der Waals surface area contributed by atoms with Gasteiger partial charge in [0.1, 0.15) is 0 Å². The van der Waals surface area contributed by atoms with Gasteiger partial charge in [-0.3, -0.25) is 0 Å². The molecule has 8 heteroatoms. The number of nitrogens with one attached hydrogen (secondary N) is 1. The van der Waals surface area contributed by atoms with Crippen molar-refractivity contribution in [1.29, 1.82) is 0 Å². The van der Waals surface area contributed by atoms with E-state index in [0.29, 0.717) is 4.47 Å². The summed E-state index contributed by atoms with van der Waals surface area (Å²) in [7, 11) is 0. The van der Waals surface area contributed by atoms with Crippen LogP contribution in [0.3, 0.4) is 0 Å². The van der Waals surface area contributed by atoms with E-state index in [1.807, 2.05) is 0 Å². The zero-order chi connectivity index (χ0) is 12.5. The van der Waals surface area contributed by atoms with Gasteiger partial charge in [0.15, 0.2) is 0 Å². The molecule has 0 aromatic heterocycles. The molecule has 0 atom stereocenters. The molecule has 1 rings (SSSR count). The van der Waals surface area contributed by atoms with E-state index >= 15 is 0 Å². The van der Waals surface area contributed by atoms with E-state index in [-0.39, 0.29) is 5.69 Å². The summed E-state index contributed by atoms with van der Waals surface area (Å²) in [5.74, 6) is -1.05. The van der Waals surface area contributed by atoms with Crippen molar-refractivity contribution in [2.24, 2.45) is 0 Å². The number of hydrogen-bond acceptors (Lipinski definition) is 3. The number of hydrogen-bond donors (Lipinski definition) is 4. The average molecular weight is 354 g/mol. The standard InChI is InChI=1S/C8H9AsBrNO5/c1-4(12)11-7-3-5(10)2-6(8(7)13)9(14,15)16/h2-3,13H,1H3,(H,11,12)(H2,14,15,16). The quantitative estimate of drug-likeness (QED) is 0.430. The van der Waals surface area contributed by atoms with E-state index in [2.05, 4.69) is 21.2 Å². The fraction of sp³-hybridized carbons (Fsp3) is 0.125. The first kappa shape index (κ1) is 13.3. The third-order valence-corrected chi connectivity index (χ3v) is 4.17. The molecule has 0 heterocycles. The van der Waals surface area contributed by atoms with Gasteiger partial charge in [0, 0.05) is 0 Å². The molecule has 1 amide bonds. The van der Waals surface area contributed by atoms with Gasteiger partial charge in [0.2, 0.25) is 0 Å². The van der Waals surface area contributed by atoms with Gasteiger partial charge < -0.3 is 0 Å². The van der Waals surface area contributed by atoms with Crippen LogP contribution >= 0.6 is 15.9 Å². The maximum absolute atomic E-state index is 11.1. The number of phenols is 1. The number of carbonyl (C=O) groups excluding carboxylic acids is 1. The van der Waals surface area contributed by atoms with E-state index < -0.39 is 30.2 Å². The molecule has 4 N–H and O–H groups in total. The SMILES string of the molecule is CC(=O)Nc1cc(Br)cc([As](=O)(O)O)c1O. The maximum atomic E-state index is 11.1. The van der Waals surface area contributed by atoms with Gasteiger partial charge in [-0.2, -0.15) is 0 Å². The van der Waals surface area contributed by atoms with Crippen molar-refractivity contribution < 1.29 is 21.8 Å². The first-order valence-electron chi connectivity index (χ1n) is 4.08. The molecule has 16 heavy (non-hydrogen) atoms. The van der Waals surface area contributed by atoms with Crippen molar-refractivity contribution in [1.82, 2.24) is 0 Å². The summed E-state index contributed by atoms with van der Waals surface area (Å²) in [6.07, 6.45) is 0. The number of halogens is 1. The molecule has 1 aromatic carbocycles. The fourth-order valence-corrected chi connectivity index (χ4v) is 3.41. The van der Waals surface area contributed by atoms with Crippen LogP contribution in [0.2, 0.25) is 0 Å². The molecule has 6 nitrogen and oxygen atoms in total. The van der Waals surface area contributed by atoms with Gasteiger partial charge in [-0.15, -0.1) is 0 Å². The second-order valence-electron chi connectivity index (χ2n) is 3.05. The summed E-state index contributed by atoms with van der Waals surface area (Å²) in [6, 6.07) is 2.48. The van der Waals surface area contributed by atoms with Crippen molar-refractivity contribution in [3.8, 4) is 5.75 Å². The Morgan fingerprint density at radius 3 is 2.44 bits per heavy atom. The van der Waals surface area contributed by atoms with Crippen LogP contribution in [0.1, 0.15) is 6.92 Å². The van der Waals surface area contributed by atoms with Crippen LogP contribution in [-0.2, 0) is 8.53 Å². The zero-order valence-electron chi connectivity index (χ0n) is 8.14. The van der Waals surface area contributed by atoms with E-state index in [4.69, 9.17) is 8.19 Å². The molecule has 0 aliphatic rings. The predicted octanol–water partition coefficient (Wildman–Crippen LogP) is -0.326. The number of carbonyl (C=O) groups is 1. The number of rotatable bonds is 2. The summed E-state index contributed by atoms with van der Waals surface area (Å²) in [4.78, 5) is 10.8. The van der Waals surface area contributed by atoms with Gasteiger partial charge in [-0.1, -0.05) is 0 Å². The Hall–Kier alpha value is -0.752. The normalized spacial score (nSPS) is 11.2. The summed E-state index contributed by atoms with van der Waals surface area (Å²) >= 11 is -2.18. The van der Waals surface area contributed by atoms with Gasteiger partial charge in [-0.25, -0.2) is 0 Å². The summed E-state index contributed by atoms with van der Waals surface area (Å²) < 4.78 is 29.0. The van der Waals surface area contributed by atoms with Crippen molar-refractivity contribution >= 4 is 46.0 Å². The van der Waals surface area contributed by atoms with Gasteiger partial charge in [0.25, 0.3) is 0 Å². The minimum absolute atomic E-state index is 0.0402. The molecule has 0 radical (unpaired) electrons. The monoisotopic (exact) mass is 353 g/mol. The summed E-state index contributed by atoms with van der Waals surface area (Å²) in [5.41, 5.74) is -0.0402. The van der Waals surface area contributed by atoms with Crippen LogP contribution in [0, 0.1) is 0 Å². The third kappa shape index (κ3) is 3.12. The Bertz CT molecular complexity index is 484. The second-order valence-corrected chi connectivity index (χ2v) is 7.26. The van der Waals surface area contributed by atoms with E-state index in [9.17, 15) is 13.6 Å². The predicted molar refractivity (Wildman–Crippen MR) is 60.6 cm³/mol. The molecule has 0 spiro atoms. The zero-order valence-corrected chi connectivity index (χ0v) is 11.6. The summed E-state index contributed by atoms with van der Waals surface area (Å²) in [6.45, 7) is 1.22. The topological polar surface area (TPSA) is 107 Å². The Labute approximate surface area is 102 Å². The molecular formula is C8H9AsBrNO5. The molecule has 88 valence electrons. The average Bonchev–Trinajstić information content (AvgIpc) is 2.07. The molecule has 0 saturated heterocycles. The van der Waals surface area contributed by atoms with Crippen LogP contribution in [0.4, 0.5) is 5.69 Å². The number of aromatic hydroxyl groups is 1. The molecule has 0 aliphatic carbocycles. The molecular weight excluding hydrogens is 345 g/mol. The van der Waals surface area contributed by atoms with Crippen LogP contribution in [0.15, 0.2) is 16.6 Å². The van der Waals surface area contributed by atoms with Gasteiger partial charge >= 0.3 is 102 Å². The van der Waals surface area contributed by atoms with E-state index in [1.54, 1.807) is 0 Å². The molecule has 0 unspecified atom stereocenters. The molecule has 0 saturated carbocycles. The van der Waals surface area contributed by atoms with Gasteiger partial charge in [-0.05, 0) is 0 Å². The van der Waals surface area contributed by atoms with Crippen LogP contribution in [0.5, 0.6) is 5.75 Å². The second kappa shape index (κ2) is 4.63. The number of anilines is 1. The van der Waals surface area contributed by atoms with E-state index in [0.717, 1.165) is 6.07 Å². The van der Waals surface area contributed by atoms with Crippen LogP contribution in [0.25, 0.3) is 0 Å². The van der Waals surface area contributed by atoms with Crippen molar-refractivity contribution in [2.45, 2.75) is 6.92 Å². The molecule has 0 aliphatic heterocycles. The summed E-state index contributed by atoms with van der Waals surface area (Å²) in [5, 5.41) is 11.9. The fourth-order valence-electron chi connectivity index (χ4n) is 1.09. The van der Waals surface area contributed by atoms with E-state index in [1.165, 1.54) is 13.0 Å². The first-order valence-corrected chi connectivity index (χ1v) is 8.25. The molecule has 1 aromatic rings. The number of amides is 1. The molecule has 0 fully saturated rings. The first-order chi connectivity index (χ1) is 7.21. The number of benzene rings is 1. The minimum atomic E-state index is -5.22. The molecule has 0 bridgehead atoms. The van der Waals surface area contributed by atoms with Crippen molar-refractivity contribution in [3.63, 3.8) is 0 Å². The van der Waals surface area contributed by atoms with Gasteiger partial charge in [0.05, 0.1) is 0 Å². The van der Waals surface area contributed by atoms with Crippen molar-refractivity contribution in [3.05, 3.63) is 16.6 Å². The Morgan fingerprint density at radius 2 is 2.00 bits per heavy atom. The Morgan fingerprint density at radius 1 is 1.44 bits per heavy atom. The third-order valence-electron chi connectivity index (χ3n) is 1.68.